The number of rotatable bonds is 3. The van der Waals surface area contributed by atoms with Crippen molar-refractivity contribution in [2.45, 2.75) is 49.3 Å². The van der Waals surface area contributed by atoms with Crippen molar-refractivity contribution in [1.29, 1.82) is 0 Å². The number of nitrogens with one attached hydrogen (secondary N) is 1. The Labute approximate surface area is 127 Å². The molecule has 2 saturated heterocycles. The van der Waals surface area contributed by atoms with Crippen molar-refractivity contribution in [2.75, 3.05) is 5.73 Å². The van der Waals surface area contributed by atoms with E-state index in [0.717, 1.165) is 19.3 Å². The smallest absolute Gasteiger partial charge is 0.241 e. The standard InChI is InChI=1S/C13H17BrN2O3S/c1-7-4-9(14)10(15)6-13(7)20(17,18)16-11-5-8-2-3-12(11)19-8/h4,6,8,11-12,16H,2-3,5,15H2,1H3. The molecule has 0 spiro atoms. The van der Waals surface area contributed by atoms with Crippen molar-refractivity contribution in [3.05, 3.63) is 22.2 Å². The van der Waals surface area contributed by atoms with E-state index in [0.29, 0.717) is 15.7 Å². The third-order valence-corrected chi connectivity index (χ3v) is 6.31. The minimum absolute atomic E-state index is 0.0166. The third-order valence-electron chi connectivity index (χ3n) is 4.00. The number of anilines is 1. The number of fused-ring (bicyclic) bond motifs is 2. The maximum Gasteiger partial charge on any atom is 0.241 e. The molecule has 2 aliphatic rings. The second-order valence-electron chi connectivity index (χ2n) is 5.48. The van der Waals surface area contributed by atoms with Crippen LogP contribution in [0.1, 0.15) is 24.8 Å². The van der Waals surface area contributed by atoms with E-state index < -0.39 is 10.0 Å². The minimum Gasteiger partial charge on any atom is -0.398 e. The summed E-state index contributed by atoms with van der Waals surface area (Å²) in [5.74, 6) is 0. The van der Waals surface area contributed by atoms with Gasteiger partial charge in [-0.25, -0.2) is 13.1 Å². The average molecular weight is 361 g/mol. The van der Waals surface area contributed by atoms with Crippen LogP contribution in [0.5, 0.6) is 0 Å². The molecule has 110 valence electrons. The summed E-state index contributed by atoms with van der Waals surface area (Å²) in [7, 11) is -3.57. The van der Waals surface area contributed by atoms with Crippen LogP contribution < -0.4 is 10.5 Å². The van der Waals surface area contributed by atoms with Gasteiger partial charge in [-0.2, -0.15) is 0 Å². The van der Waals surface area contributed by atoms with Crippen LogP contribution in [0.2, 0.25) is 0 Å². The summed E-state index contributed by atoms with van der Waals surface area (Å²) in [5, 5.41) is 0. The molecular weight excluding hydrogens is 344 g/mol. The fourth-order valence-electron chi connectivity index (χ4n) is 2.98. The molecule has 3 N–H and O–H groups in total. The lowest BCUT2D eigenvalue weighted by atomic mass is 9.96. The molecule has 3 unspecified atom stereocenters. The molecule has 0 saturated carbocycles. The maximum absolute atomic E-state index is 12.5. The Hall–Kier alpha value is -0.630. The molecule has 0 radical (unpaired) electrons. The number of aryl methyl sites for hydroxylation is 1. The van der Waals surface area contributed by atoms with Gasteiger partial charge in [-0.15, -0.1) is 0 Å². The summed E-state index contributed by atoms with van der Waals surface area (Å²) in [4.78, 5) is 0.237. The Morgan fingerprint density at radius 1 is 1.40 bits per heavy atom. The second-order valence-corrected chi connectivity index (χ2v) is 8.01. The van der Waals surface area contributed by atoms with Crippen LogP contribution >= 0.6 is 15.9 Å². The molecule has 0 aliphatic carbocycles. The van der Waals surface area contributed by atoms with E-state index in [1.165, 1.54) is 6.07 Å². The molecule has 3 atom stereocenters. The Balaban J connectivity index is 1.87. The van der Waals surface area contributed by atoms with E-state index in [2.05, 4.69) is 20.7 Å². The number of hydrogen-bond acceptors (Lipinski definition) is 4. The normalized spacial score (nSPS) is 29.0. The molecule has 2 aliphatic heterocycles. The zero-order valence-electron chi connectivity index (χ0n) is 11.1. The topological polar surface area (TPSA) is 81.4 Å². The molecule has 2 heterocycles. The van der Waals surface area contributed by atoms with Crippen LogP contribution in [0.4, 0.5) is 5.69 Å². The Morgan fingerprint density at radius 2 is 2.15 bits per heavy atom. The molecule has 0 amide bonds. The molecule has 2 bridgehead atoms. The number of nitrogen functional groups attached to an aromatic ring is 1. The predicted octanol–water partition coefficient (Wildman–Crippen LogP) is 1.94. The first-order valence-electron chi connectivity index (χ1n) is 6.60. The van der Waals surface area contributed by atoms with Gasteiger partial charge in [0.2, 0.25) is 10.0 Å². The third kappa shape index (κ3) is 2.47. The highest BCUT2D eigenvalue weighted by molar-refractivity contribution is 9.10. The van der Waals surface area contributed by atoms with E-state index in [-0.39, 0.29) is 23.1 Å². The van der Waals surface area contributed by atoms with Gasteiger partial charge < -0.3 is 10.5 Å². The molecule has 1 aromatic carbocycles. The van der Waals surface area contributed by atoms with Crippen LogP contribution in [0.25, 0.3) is 0 Å². The fraction of sp³-hybridized carbons (Fsp3) is 0.538. The van der Waals surface area contributed by atoms with E-state index in [1.807, 2.05) is 0 Å². The van der Waals surface area contributed by atoms with E-state index in [9.17, 15) is 8.42 Å². The van der Waals surface area contributed by atoms with Gasteiger partial charge in [-0.3, -0.25) is 0 Å². The van der Waals surface area contributed by atoms with Gasteiger partial charge >= 0.3 is 0 Å². The monoisotopic (exact) mass is 360 g/mol. The lowest BCUT2D eigenvalue weighted by Crippen LogP contribution is -2.41. The van der Waals surface area contributed by atoms with Crippen molar-refractivity contribution in [2.24, 2.45) is 0 Å². The van der Waals surface area contributed by atoms with Gasteiger partial charge in [0.25, 0.3) is 0 Å². The molecule has 20 heavy (non-hydrogen) atoms. The van der Waals surface area contributed by atoms with Gasteiger partial charge in [0, 0.05) is 10.2 Å². The van der Waals surface area contributed by atoms with Crippen molar-refractivity contribution in [1.82, 2.24) is 4.72 Å². The molecule has 1 aromatic rings. The van der Waals surface area contributed by atoms with Gasteiger partial charge in [-0.05, 0) is 59.8 Å². The summed E-state index contributed by atoms with van der Waals surface area (Å²) < 4.78 is 34.2. The first-order valence-corrected chi connectivity index (χ1v) is 8.88. The number of ether oxygens (including phenoxy) is 1. The van der Waals surface area contributed by atoms with E-state index in [4.69, 9.17) is 10.5 Å². The zero-order valence-corrected chi connectivity index (χ0v) is 13.5. The first kappa shape index (κ1) is 14.3. The quantitative estimate of drug-likeness (QED) is 0.807. The Kier molecular flexibility index (Phi) is 3.56. The van der Waals surface area contributed by atoms with Crippen LogP contribution in [0.15, 0.2) is 21.5 Å². The number of halogens is 1. The summed E-state index contributed by atoms with van der Waals surface area (Å²) in [6, 6.07) is 3.10. The molecule has 2 fully saturated rings. The fourth-order valence-corrected chi connectivity index (χ4v) is 4.98. The second kappa shape index (κ2) is 4.98. The molecule has 5 nitrogen and oxygen atoms in total. The molecule has 7 heteroatoms. The van der Waals surface area contributed by atoms with Crippen molar-refractivity contribution < 1.29 is 13.2 Å². The molecule has 3 rings (SSSR count). The number of sulfonamides is 1. The summed E-state index contributed by atoms with van der Waals surface area (Å²) in [5.41, 5.74) is 6.88. The number of benzene rings is 1. The van der Waals surface area contributed by atoms with Crippen LogP contribution in [-0.2, 0) is 14.8 Å². The van der Waals surface area contributed by atoms with E-state index in [1.54, 1.807) is 13.0 Å². The zero-order chi connectivity index (χ0) is 14.5. The lowest BCUT2D eigenvalue weighted by Gasteiger charge is -2.21. The van der Waals surface area contributed by atoms with Gasteiger partial charge in [0.1, 0.15) is 0 Å². The van der Waals surface area contributed by atoms with Gasteiger partial charge in [-0.1, -0.05) is 0 Å². The van der Waals surface area contributed by atoms with Gasteiger partial charge in [0.05, 0.1) is 23.1 Å². The Bertz CT molecular complexity index is 647. The van der Waals surface area contributed by atoms with Crippen LogP contribution in [0.3, 0.4) is 0 Å². The maximum atomic E-state index is 12.5. The number of hydrogen-bond donors (Lipinski definition) is 2. The van der Waals surface area contributed by atoms with Crippen LogP contribution in [0, 0.1) is 6.92 Å². The Morgan fingerprint density at radius 3 is 2.75 bits per heavy atom. The highest BCUT2D eigenvalue weighted by Gasteiger charge is 2.42. The average Bonchev–Trinajstić information content (AvgIpc) is 2.95. The van der Waals surface area contributed by atoms with Crippen LogP contribution in [-0.4, -0.2) is 26.7 Å². The van der Waals surface area contributed by atoms with E-state index >= 15 is 0 Å². The number of nitrogens with two attached hydrogens (primary N) is 1. The highest BCUT2D eigenvalue weighted by Crippen LogP contribution is 2.35. The predicted molar refractivity (Wildman–Crippen MR) is 79.9 cm³/mol. The highest BCUT2D eigenvalue weighted by atomic mass is 79.9. The van der Waals surface area contributed by atoms with Crippen molar-refractivity contribution in [3.8, 4) is 0 Å². The SMILES string of the molecule is Cc1cc(Br)c(N)cc1S(=O)(=O)NC1CC2CCC1O2. The largest absolute Gasteiger partial charge is 0.398 e. The first-order chi connectivity index (χ1) is 9.37. The summed E-state index contributed by atoms with van der Waals surface area (Å²) in [6.45, 7) is 1.76. The summed E-state index contributed by atoms with van der Waals surface area (Å²) in [6.07, 6.45) is 2.95. The molecule has 0 aromatic heterocycles. The summed E-state index contributed by atoms with van der Waals surface area (Å²) >= 11 is 3.30. The minimum atomic E-state index is -3.57. The van der Waals surface area contributed by atoms with Crippen molar-refractivity contribution >= 4 is 31.6 Å². The van der Waals surface area contributed by atoms with Gasteiger partial charge in [0.15, 0.2) is 0 Å². The molecular formula is C13H17BrN2O3S. The lowest BCUT2D eigenvalue weighted by molar-refractivity contribution is 0.0996. The van der Waals surface area contributed by atoms with Crippen molar-refractivity contribution in [3.63, 3.8) is 0 Å².